The Morgan fingerprint density at radius 1 is 1.47 bits per heavy atom. The summed E-state index contributed by atoms with van der Waals surface area (Å²) in [4.78, 5) is 2.03. The Bertz CT molecular complexity index is 325. The van der Waals surface area contributed by atoms with Crippen LogP contribution in [0.5, 0.6) is 0 Å². The van der Waals surface area contributed by atoms with Crippen molar-refractivity contribution in [3.8, 4) is 0 Å². The average molecular weight is 208 g/mol. The van der Waals surface area contributed by atoms with Gasteiger partial charge >= 0.3 is 0 Å². The van der Waals surface area contributed by atoms with Crippen molar-refractivity contribution >= 4 is 11.4 Å². The van der Waals surface area contributed by atoms with Crippen molar-refractivity contribution in [2.75, 3.05) is 23.7 Å². The van der Waals surface area contributed by atoms with Gasteiger partial charge in [-0.15, -0.1) is 0 Å². The van der Waals surface area contributed by atoms with Crippen LogP contribution in [0.25, 0.3) is 0 Å². The van der Waals surface area contributed by atoms with Gasteiger partial charge in [-0.1, -0.05) is 19.4 Å². The summed E-state index contributed by atoms with van der Waals surface area (Å²) in [7, 11) is 0. The number of nitrogens with two attached hydrogens (primary N) is 1. The molecule has 3 heteroatoms. The molecule has 0 aromatic heterocycles. The molecule has 0 bridgehead atoms. The van der Waals surface area contributed by atoms with Gasteiger partial charge in [0.25, 0.3) is 0 Å². The second kappa shape index (κ2) is 4.09. The number of hydrogen-bond acceptors (Lipinski definition) is 2. The molecule has 1 aliphatic heterocycles. The van der Waals surface area contributed by atoms with Crippen molar-refractivity contribution in [3.05, 3.63) is 24.0 Å². The van der Waals surface area contributed by atoms with Crippen LogP contribution in [0.2, 0.25) is 0 Å². The normalized spacial score (nSPS) is 16.5. The van der Waals surface area contributed by atoms with Gasteiger partial charge in [-0.25, -0.2) is 4.39 Å². The molecule has 0 atom stereocenters. The molecule has 2 N–H and O–H groups in total. The van der Waals surface area contributed by atoms with Gasteiger partial charge in [-0.2, -0.15) is 0 Å². The molecule has 0 aliphatic carbocycles. The summed E-state index contributed by atoms with van der Waals surface area (Å²) in [5.41, 5.74) is 6.90. The molecule has 0 spiro atoms. The first-order valence-electron chi connectivity index (χ1n) is 5.51. The molecule has 2 rings (SSSR count). The van der Waals surface area contributed by atoms with Crippen LogP contribution in [0, 0.1) is 11.7 Å². The van der Waals surface area contributed by atoms with Gasteiger partial charge in [0.1, 0.15) is 5.82 Å². The number of benzene rings is 1. The first kappa shape index (κ1) is 10.3. The molecular weight excluding hydrogens is 191 g/mol. The summed E-state index contributed by atoms with van der Waals surface area (Å²) in [6.07, 6.45) is 2.43. The van der Waals surface area contributed by atoms with E-state index in [0.717, 1.165) is 13.1 Å². The highest BCUT2D eigenvalue weighted by Gasteiger charge is 2.28. The van der Waals surface area contributed by atoms with Crippen LogP contribution >= 0.6 is 0 Å². The van der Waals surface area contributed by atoms with E-state index in [9.17, 15) is 4.39 Å². The maximum absolute atomic E-state index is 13.5. The number of nitrogen functional groups attached to an aromatic ring is 1. The van der Waals surface area contributed by atoms with Crippen LogP contribution in [0.15, 0.2) is 18.2 Å². The maximum atomic E-state index is 13.5. The second-order valence-corrected chi connectivity index (χ2v) is 4.24. The third-order valence-corrected chi connectivity index (χ3v) is 2.99. The number of hydrogen-bond donors (Lipinski definition) is 1. The summed E-state index contributed by atoms with van der Waals surface area (Å²) >= 11 is 0. The summed E-state index contributed by atoms with van der Waals surface area (Å²) in [6.45, 7) is 4.07. The molecule has 1 aliphatic rings. The molecule has 0 unspecified atom stereocenters. The Morgan fingerprint density at radius 2 is 2.20 bits per heavy atom. The smallest absolute Gasteiger partial charge is 0.148 e. The molecule has 0 radical (unpaired) electrons. The largest absolute Gasteiger partial charge is 0.397 e. The highest BCUT2D eigenvalue weighted by atomic mass is 19.1. The number of rotatable bonds is 3. The van der Waals surface area contributed by atoms with Gasteiger partial charge in [0.2, 0.25) is 0 Å². The van der Waals surface area contributed by atoms with Gasteiger partial charge in [-0.3, -0.25) is 0 Å². The Kier molecular flexibility index (Phi) is 2.80. The van der Waals surface area contributed by atoms with E-state index in [1.165, 1.54) is 18.9 Å². The predicted octanol–water partition coefficient (Wildman–Crippen LogP) is 2.64. The fourth-order valence-electron chi connectivity index (χ4n) is 2.21. The summed E-state index contributed by atoms with van der Waals surface area (Å²) in [5, 5.41) is 0. The van der Waals surface area contributed by atoms with Crippen LogP contribution < -0.4 is 10.6 Å². The monoisotopic (exact) mass is 208 g/mol. The number of para-hydroxylation sites is 1. The van der Waals surface area contributed by atoms with E-state index in [1.807, 2.05) is 4.90 Å². The van der Waals surface area contributed by atoms with E-state index in [-0.39, 0.29) is 5.82 Å². The zero-order valence-electron chi connectivity index (χ0n) is 9.04. The zero-order valence-corrected chi connectivity index (χ0v) is 9.04. The van der Waals surface area contributed by atoms with E-state index in [0.29, 0.717) is 17.3 Å². The average Bonchev–Trinajstić information content (AvgIpc) is 2.13. The van der Waals surface area contributed by atoms with Gasteiger partial charge in [0, 0.05) is 13.1 Å². The first-order chi connectivity index (χ1) is 7.22. The fraction of sp³-hybridized carbons (Fsp3) is 0.500. The third kappa shape index (κ3) is 1.91. The third-order valence-electron chi connectivity index (χ3n) is 2.99. The van der Waals surface area contributed by atoms with Gasteiger partial charge in [0.05, 0.1) is 11.4 Å². The standard InChI is InChI=1S/C12H17FN2/c1-2-4-9-7-15(8-9)12-10(13)5-3-6-11(12)14/h3,5-6,9H,2,4,7-8,14H2,1H3. The van der Waals surface area contributed by atoms with E-state index >= 15 is 0 Å². The molecule has 82 valence electrons. The molecule has 1 saturated heterocycles. The SMILES string of the molecule is CCCC1CN(c2c(N)cccc2F)C1. The quantitative estimate of drug-likeness (QED) is 0.774. The van der Waals surface area contributed by atoms with E-state index in [2.05, 4.69) is 6.92 Å². The molecule has 2 nitrogen and oxygen atoms in total. The maximum Gasteiger partial charge on any atom is 0.148 e. The Balaban J connectivity index is 2.06. The Labute approximate surface area is 89.9 Å². The van der Waals surface area contributed by atoms with E-state index in [1.54, 1.807) is 12.1 Å². The van der Waals surface area contributed by atoms with E-state index in [4.69, 9.17) is 5.73 Å². The first-order valence-corrected chi connectivity index (χ1v) is 5.51. The van der Waals surface area contributed by atoms with Crippen molar-refractivity contribution in [2.24, 2.45) is 5.92 Å². The second-order valence-electron chi connectivity index (χ2n) is 4.24. The topological polar surface area (TPSA) is 29.3 Å². The van der Waals surface area contributed by atoms with Crippen LogP contribution in [-0.2, 0) is 0 Å². The zero-order chi connectivity index (χ0) is 10.8. The molecule has 1 heterocycles. The Morgan fingerprint density at radius 3 is 2.80 bits per heavy atom. The molecular formula is C12H17FN2. The lowest BCUT2D eigenvalue weighted by atomic mass is 9.94. The molecule has 15 heavy (non-hydrogen) atoms. The highest BCUT2D eigenvalue weighted by Crippen LogP contribution is 2.33. The Hall–Kier alpha value is -1.25. The molecule has 1 aromatic carbocycles. The van der Waals surface area contributed by atoms with Crippen LogP contribution in [0.3, 0.4) is 0 Å². The van der Waals surface area contributed by atoms with Crippen molar-refractivity contribution in [2.45, 2.75) is 19.8 Å². The summed E-state index contributed by atoms with van der Waals surface area (Å²) < 4.78 is 13.5. The van der Waals surface area contributed by atoms with Crippen LogP contribution in [0.4, 0.5) is 15.8 Å². The van der Waals surface area contributed by atoms with Crippen molar-refractivity contribution in [1.82, 2.24) is 0 Å². The lowest BCUT2D eigenvalue weighted by Crippen LogP contribution is -2.47. The number of halogens is 1. The molecule has 1 fully saturated rings. The van der Waals surface area contributed by atoms with Gasteiger partial charge in [-0.05, 0) is 24.5 Å². The van der Waals surface area contributed by atoms with Gasteiger partial charge in [0.15, 0.2) is 0 Å². The van der Waals surface area contributed by atoms with E-state index < -0.39 is 0 Å². The summed E-state index contributed by atoms with van der Waals surface area (Å²) in [5.74, 6) is 0.513. The predicted molar refractivity (Wildman–Crippen MR) is 61.4 cm³/mol. The lowest BCUT2D eigenvalue weighted by Gasteiger charge is -2.41. The fourth-order valence-corrected chi connectivity index (χ4v) is 2.21. The van der Waals surface area contributed by atoms with Crippen LogP contribution in [0.1, 0.15) is 19.8 Å². The van der Waals surface area contributed by atoms with Gasteiger partial charge < -0.3 is 10.6 Å². The highest BCUT2D eigenvalue weighted by molar-refractivity contribution is 5.69. The van der Waals surface area contributed by atoms with Crippen molar-refractivity contribution in [1.29, 1.82) is 0 Å². The molecule has 1 aromatic rings. The van der Waals surface area contributed by atoms with Crippen molar-refractivity contribution < 1.29 is 4.39 Å². The minimum Gasteiger partial charge on any atom is -0.397 e. The molecule has 0 amide bonds. The summed E-state index contributed by atoms with van der Waals surface area (Å²) in [6, 6.07) is 4.88. The minimum atomic E-state index is -0.204. The number of nitrogens with zero attached hydrogens (tertiary/aromatic N) is 1. The molecule has 0 saturated carbocycles. The van der Waals surface area contributed by atoms with Crippen LogP contribution in [-0.4, -0.2) is 13.1 Å². The van der Waals surface area contributed by atoms with Crippen molar-refractivity contribution in [3.63, 3.8) is 0 Å². The minimum absolute atomic E-state index is 0.204. The lowest BCUT2D eigenvalue weighted by molar-refractivity contribution is 0.377. The number of anilines is 2.